The smallest absolute Gasteiger partial charge is 0.338 e. The maximum absolute atomic E-state index is 11.3. The van der Waals surface area contributed by atoms with Crippen molar-refractivity contribution in [3.8, 4) is 0 Å². The van der Waals surface area contributed by atoms with Crippen molar-refractivity contribution < 1.29 is 15.0 Å². The number of aliphatic hydroxyl groups excluding tert-OH is 1. The summed E-state index contributed by atoms with van der Waals surface area (Å²) in [5.41, 5.74) is 0.976. The molecule has 19 heavy (non-hydrogen) atoms. The molecular weight excluding hydrogens is 262 g/mol. The number of hydrogen-bond donors (Lipinski definition) is 3. The predicted octanol–water partition coefficient (Wildman–Crippen LogP) is 2.93. The summed E-state index contributed by atoms with van der Waals surface area (Å²) < 4.78 is 0. The van der Waals surface area contributed by atoms with Crippen LogP contribution in [-0.4, -0.2) is 35.6 Å². The van der Waals surface area contributed by atoms with Gasteiger partial charge in [0.25, 0.3) is 0 Å². The van der Waals surface area contributed by atoms with E-state index in [4.69, 9.17) is 5.11 Å². The molecule has 106 valence electrons. The number of aromatic carboxylic acids is 1. The first-order valence-electron chi connectivity index (χ1n) is 6.39. The lowest BCUT2D eigenvalue weighted by Gasteiger charge is -2.17. The van der Waals surface area contributed by atoms with Crippen molar-refractivity contribution in [3.05, 3.63) is 23.8 Å². The van der Waals surface area contributed by atoms with Crippen LogP contribution in [0.2, 0.25) is 0 Å². The van der Waals surface area contributed by atoms with Crippen LogP contribution in [0, 0.1) is 5.92 Å². The second-order valence-electron chi connectivity index (χ2n) is 4.36. The molecule has 3 N–H and O–H groups in total. The first-order chi connectivity index (χ1) is 9.13. The molecule has 0 spiro atoms. The molecule has 1 aromatic carbocycles. The van der Waals surface area contributed by atoms with E-state index in [1.54, 1.807) is 6.07 Å². The highest BCUT2D eigenvalue weighted by atomic mass is 32.2. The SMILES string of the molecule is CCC(CCO)CNc1cccc(SC)c1C(=O)O. The molecule has 1 atom stereocenters. The van der Waals surface area contributed by atoms with Gasteiger partial charge < -0.3 is 15.5 Å². The minimum atomic E-state index is -0.914. The Hall–Kier alpha value is -1.20. The molecule has 1 unspecified atom stereocenters. The van der Waals surface area contributed by atoms with Crippen molar-refractivity contribution in [1.29, 1.82) is 0 Å². The van der Waals surface area contributed by atoms with Gasteiger partial charge in [-0.1, -0.05) is 19.4 Å². The van der Waals surface area contributed by atoms with Crippen LogP contribution in [0.15, 0.2) is 23.1 Å². The van der Waals surface area contributed by atoms with Crippen LogP contribution in [0.4, 0.5) is 5.69 Å². The molecule has 0 aromatic heterocycles. The van der Waals surface area contributed by atoms with Gasteiger partial charge in [0.05, 0.1) is 5.56 Å². The zero-order chi connectivity index (χ0) is 14.3. The van der Waals surface area contributed by atoms with Crippen LogP contribution < -0.4 is 5.32 Å². The Labute approximate surface area is 118 Å². The van der Waals surface area contributed by atoms with E-state index >= 15 is 0 Å². The predicted molar refractivity (Wildman–Crippen MR) is 79.2 cm³/mol. The quantitative estimate of drug-likeness (QED) is 0.640. The van der Waals surface area contributed by atoms with E-state index in [-0.39, 0.29) is 6.61 Å². The summed E-state index contributed by atoms with van der Waals surface area (Å²) in [4.78, 5) is 12.1. The molecule has 0 saturated heterocycles. The van der Waals surface area contributed by atoms with E-state index in [0.29, 0.717) is 23.7 Å². The average molecular weight is 283 g/mol. The molecule has 0 aliphatic carbocycles. The summed E-state index contributed by atoms with van der Waals surface area (Å²) in [5.74, 6) is -0.563. The molecule has 0 heterocycles. The van der Waals surface area contributed by atoms with Gasteiger partial charge in [0.15, 0.2) is 0 Å². The van der Waals surface area contributed by atoms with Crippen molar-refractivity contribution in [2.24, 2.45) is 5.92 Å². The number of thioether (sulfide) groups is 1. The van der Waals surface area contributed by atoms with E-state index in [0.717, 1.165) is 17.7 Å². The Kier molecular flexibility index (Phi) is 6.73. The Morgan fingerprint density at radius 1 is 1.47 bits per heavy atom. The lowest BCUT2D eigenvalue weighted by molar-refractivity contribution is 0.0694. The highest BCUT2D eigenvalue weighted by Crippen LogP contribution is 2.27. The first-order valence-corrected chi connectivity index (χ1v) is 7.61. The number of nitrogens with one attached hydrogen (secondary N) is 1. The van der Waals surface area contributed by atoms with Crippen molar-refractivity contribution in [2.45, 2.75) is 24.7 Å². The van der Waals surface area contributed by atoms with Crippen LogP contribution in [0.1, 0.15) is 30.1 Å². The second-order valence-corrected chi connectivity index (χ2v) is 5.20. The van der Waals surface area contributed by atoms with Gasteiger partial charge in [-0.25, -0.2) is 4.79 Å². The van der Waals surface area contributed by atoms with Gasteiger partial charge in [0, 0.05) is 23.7 Å². The molecule has 0 saturated carbocycles. The number of aliphatic hydroxyl groups is 1. The molecule has 0 bridgehead atoms. The van der Waals surface area contributed by atoms with Crippen LogP contribution in [0.25, 0.3) is 0 Å². The summed E-state index contributed by atoms with van der Waals surface area (Å²) in [5, 5.41) is 21.5. The summed E-state index contributed by atoms with van der Waals surface area (Å²) >= 11 is 1.43. The third kappa shape index (κ3) is 4.44. The van der Waals surface area contributed by atoms with Gasteiger partial charge in [-0.3, -0.25) is 0 Å². The molecule has 5 heteroatoms. The van der Waals surface area contributed by atoms with Crippen molar-refractivity contribution >= 4 is 23.4 Å². The fourth-order valence-corrected chi connectivity index (χ4v) is 2.57. The number of rotatable bonds is 8. The van der Waals surface area contributed by atoms with Gasteiger partial charge in [0.1, 0.15) is 0 Å². The van der Waals surface area contributed by atoms with E-state index in [1.807, 2.05) is 18.4 Å². The van der Waals surface area contributed by atoms with Crippen molar-refractivity contribution in [3.63, 3.8) is 0 Å². The van der Waals surface area contributed by atoms with Gasteiger partial charge in [0.2, 0.25) is 0 Å². The largest absolute Gasteiger partial charge is 0.478 e. The van der Waals surface area contributed by atoms with Crippen LogP contribution >= 0.6 is 11.8 Å². The highest BCUT2D eigenvalue weighted by molar-refractivity contribution is 7.98. The number of hydrogen-bond acceptors (Lipinski definition) is 4. The highest BCUT2D eigenvalue weighted by Gasteiger charge is 2.15. The second kappa shape index (κ2) is 8.07. The fourth-order valence-electron chi connectivity index (χ4n) is 1.96. The molecule has 1 rings (SSSR count). The Balaban J connectivity index is 2.85. The molecule has 1 aromatic rings. The average Bonchev–Trinajstić information content (AvgIpc) is 2.42. The van der Waals surface area contributed by atoms with E-state index < -0.39 is 5.97 Å². The standard InChI is InChI=1S/C14H21NO3S/c1-3-10(7-8-16)9-15-11-5-4-6-12(19-2)13(11)14(17)18/h4-6,10,15-16H,3,7-9H2,1-2H3,(H,17,18). The Morgan fingerprint density at radius 2 is 2.21 bits per heavy atom. The number of anilines is 1. The van der Waals surface area contributed by atoms with Crippen molar-refractivity contribution in [2.75, 3.05) is 24.7 Å². The Morgan fingerprint density at radius 3 is 2.74 bits per heavy atom. The lowest BCUT2D eigenvalue weighted by Crippen LogP contribution is -2.17. The van der Waals surface area contributed by atoms with Crippen LogP contribution in [0.3, 0.4) is 0 Å². The number of benzene rings is 1. The van der Waals surface area contributed by atoms with Gasteiger partial charge in [-0.05, 0) is 30.7 Å². The number of carboxylic acids is 1. The van der Waals surface area contributed by atoms with E-state index in [2.05, 4.69) is 12.2 Å². The summed E-state index contributed by atoms with van der Waals surface area (Å²) in [7, 11) is 0. The fraction of sp³-hybridized carbons (Fsp3) is 0.500. The van der Waals surface area contributed by atoms with Crippen LogP contribution in [-0.2, 0) is 0 Å². The molecule has 0 radical (unpaired) electrons. The summed E-state index contributed by atoms with van der Waals surface area (Å²) in [6.45, 7) is 2.91. The van der Waals surface area contributed by atoms with Gasteiger partial charge in [-0.2, -0.15) is 0 Å². The van der Waals surface area contributed by atoms with E-state index in [9.17, 15) is 9.90 Å². The lowest BCUT2D eigenvalue weighted by atomic mass is 10.0. The molecular formula is C14H21NO3S. The maximum Gasteiger partial charge on any atom is 0.338 e. The topological polar surface area (TPSA) is 69.6 Å². The minimum Gasteiger partial charge on any atom is -0.478 e. The minimum absolute atomic E-state index is 0.164. The van der Waals surface area contributed by atoms with Gasteiger partial charge >= 0.3 is 5.97 Å². The normalized spacial score (nSPS) is 12.2. The number of carbonyl (C=O) groups is 1. The van der Waals surface area contributed by atoms with E-state index in [1.165, 1.54) is 11.8 Å². The molecule has 0 aliphatic heterocycles. The summed E-state index contributed by atoms with van der Waals surface area (Å²) in [6.07, 6.45) is 3.55. The first kappa shape index (κ1) is 15.9. The Bertz CT molecular complexity index is 423. The van der Waals surface area contributed by atoms with Gasteiger partial charge in [-0.15, -0.1) is 11.8 Å². The van der Waals surface area contributed by atoms with Crippen molar-refractivity contribution in [1.82, 2.24) is 0 Å². The monoisotopic (exact) mass is 283 g/mol. The molecule has 0 fully saturated rings. The third-order valence-corrected chi connectivity index (χ3v) is 3.94. The maximum atomic E-state index is 11.3. The number of carboxylic acid groups (broad SMARTS) is 1. The van der Waals surface area contributed by atoms with Crippen LogP contribution in [0.5, 0.6) is 0 Å². The molecule has 0 aliphatic rings. The summed E-state index contributed by atoms with van der Waals surface area (Å²) in [6, 6.07) is 5.45. The molecule has 4 nitrogen and oxygen atoms in total. The molecule has 0 amide bonds. The zero-order valence-electron chi connectivity index (χ0n) is 11.3. The zero-order valence-corrected chi connectivity index (χ0v) is 12.2. The third-order valence-electron chi connectivity index (χ3n) is 3.16.